The summed E-state index contributed by atoms with van der Waals surface area (Å²) in [6.07, 6.45) is -0.342. The molecule has 2 fully saturated rings. The van der Waals surface area contributed by atoms with Crippen molar-refractivity contribution in [2.45, 2.75) is 63.7 Å². The Labute approximate surface area is 231 Å². The molecule has 0 radical (unpaired) electrons. The van der Waals surface area contributed by atoms with Crippen LogP contribution in [0.3, 0.4) is 0 Å². The molecule has 2 saturated heterocycles. The fraction of sp³-hybridized carbons (Fsp3) is 0.636. The van der Waals surface area contributed by atoms with Gasteiger partial charge in [-0.25, -0.2) is 32.4 Å². The van der Waals surface area contributed by atoms with E-state index in [2.05, 4.69) is 15.4 Å². The highest BCUT2D eigenvalue weighted by Crippen LogP contribution is 2.55. The standard InChI is InChI=1S/C22H28FN2O15P/c1-6-21-16(31-10-34-21)22(23,40-17(21)25-8-7-15(26)24-18(25)27)9-35-41(30,36-11-32-19(28)38-13(2)3)37-12-33-20(29)39-14(4)5/h1,7-8,13-14,16-17H,9-12H2,2-5H3,(H,24,26,27)/t16-,17+,21+,22+/m0/s1. The molecule has 228 valence electrons. The molecule has 3 heterocycles. The number of carbonyl (C=O) groups excluding carboxylic acids is 2. The van der Waals surface area contributed by atoms with Gasteiger partial charge in [0, 0.05) is 12.3 Å². The molecular formula is C22H28FN2O15P. The molecule has 3 rings (SSSR count). The van der Waals surface area contributed by atoms with Gasteiger partial charge in [0.15, 0.2) is 12.3 Å². The summed E-state index contributed by atoms with van der Waals surface area (Å²) in [5.41, 5.74) is -3.80. The molecule has 19 heteroatoms. The first-order valence-electron chi connectivity index (χ1n) is 11.9. The van der Waals surface area contributed by atoms with Gasteiger partial charge in [0.25, 0.3) is 11.4 Å². The van der Waals surface area contributed by atoms with E-state index < -0.39 is 94.4 Å². The molecule has 0 amide bonds. The fourth-order valence-electron chi connectivity index (χ4n) is 3.56. The van der Waals surface area contributed by atoms with E-state index in [0.717, 1.165) is 16.8 Å². The topological polar surface area (TPSA) is 198 Å². The lowest BCUT2D eigenvalue weighted by Gasteiger charge is -2.26. The molecular weight excluding hydrogens is 582 g/mol. The summed E-state index contributed by atoms with van der Waals surface area (Å²) in [6.45, 7) is 2.20. The predicted octanol–water partition coefficient (Wildman–Crippen LogP) is 1.67. The first-order chi connectivity index (χ1) is 19.2. The lowest BCUT2D eigenvalue weighted by atomic mass is 9.94. The van der Waals surface area contributed by atoms with E-state index in [4.69, 9.17) is 43.7 Å². The van der Waals surface area contributed by atoms with Crippen LogP contribution >= 0.6 is 7.82 Å². The normalized spacial score (nSPS) is 25.5. The Bertz CT molecular complexity index is 1280. The molecule has 4 atom stereocenters. The van der Waals surface area contributed by atoms with E-state index in [0.29, 0.717) is 0 Å². The zero-order valence-corrected chi connectivity index (χ0v) is 23.2. The van der Waals surface area contributed by atoms with E-state index in [-0.39, 0.29) is 0 Å². The van der Waals surface area contributed by atoms with Gasteiger partial charge < -0.3 is 33.2 Å². The summed E-state index contributed by atoms with van der Waals surface area (Å²) in [7, 11) is -4.92. The Morgan fingerprint density at radius 2 is 1.73 bits per heavy atom. The van der Waals surface area contributed by atoms with Crippen LogP contribution < -0.4 is 11.2 Å². The summed E-state index contributed by atoms with van der Waals surface area (Å²) in [5, 5.41) is 0. The second kappa shape index (κ2) is 13.1. The Balaban J connectivity index is 1.79. The number of aromatic nitrogens is 2. The van der Waals surface area contributed by atoms with Crippen LogP contribution in [-0.4, -0.2) is 78.6 Å². The van der Waals surface area contributed by atoms with E-state index in [1.807, 2.05) is 4.98 Å². The van der Waals surface area contributed by atoms with Crippen molar-refractivity contribution >= 4 is 20.1 Å². The highest BCUT2D eigenvalue weighted by atomic mass is 31.2. The van der Waals surface area contributed by atoms with Crippen molar-refractivity contribution in [3.63, 3.8) is 0 Å². The lowest BCUT2D eigenvalue weighted by Crippen LogP contribution is -2.49. The molecule has 17 nitrogen and oxygen atoms in total. The number of aromatic amines is 1. The quantitative estimate of drug-likeness (QED) is 0.155. The molecule has 2 aliphatic rings. The number of halogens is 1. The van der Waals surface area contributed by atoms with Crippen LogP contribution in [0.5, 0.6) is 0 Å². The van der Waals surface area contributed by atoms with Gasteiger partial charge in [0.05, 0.1) is 12.2 Å². The Hall–Kier alpha value is -3.30. The molecule has 0 saturated carbocycles. The SMILES string of the molecule is C#C[C@@]12OCO[C@@H]1[C@@](F)(COP(=O)(OCOC(=O)OC(C)C)OCOC(=O)OC(C)C)O[C@H]2n1ccc(=O)[nH]c1=O. The van der Waals surface area contributed by atoms with Gasteiger partial charge in [0.1, 0.15) is 13.4 Å². The number of carbonyl (C=O) groups is 2. The number of fused-ring (bicyclic) bond motifs is 1. The maximum absolute atomic E-state index is 16.3. The van der Waals surface area contributed by atoms with Gasteiger partial charge in [-0.1, -0.05) is 5.92 Å². The molecule has 0 aliphatic carbocycles. The largest absolute Gasteiger partial charge is 0.510 e. The van der Waals surface area contributed by atoms with E-state index in [1.54, 1.807) is 0 Å². The van der Waals surface area contributed by atoms with Crippen molar-refractivity contribution in [1.82, 2.24) is 9.55 Å². The van der Waals surface area contributed by atoms with Crippen LogP contribution in [0.15, 0.2) is 21.9 Å². The van der Waals surface area contributed by atoms with Crippen molar-refractivity contribution in [3.8, 4) is 12.3 Å². The Morgan fingerprint density at radius 1 is 1.15 bits per heavy atom. The monoisotopic (exact) mass is 610 g/mol. The van der Waals surface area contributed by atoms with Crippen molar-refractivity contribution in [2.75, 3.05) is 27.0 Å². The molecule has 2 aliphatic heterocycles. The summed E-state index contributed by atoms with van der Waals surface area (Å²) in [4.78, 5) is 49.1. The highest BCUT2D eigenvalue weighted by Gasteiger charge is 2.70. The average molecular weight is 610 g/mol. The minimum atomic E-state index is -4.92. The van der Waals surface area contributed by atoms with E-state index in [1.165, 1.54) is 27.7 Å². The third-order valence-corrected chi connectivity index (χ3v) is 6.46. The van der Waals surface area contributed by atoms with Crippen molar-refractivity contribution < 1.29 is 65.3 Å². The van der Waals surface area contributed by atoms with Gasteiger partial charge in [-0.2, -0.15) is 0 Å². The summed E-state index contributed by atoms with van der Waals surface area (Å²) >= 11 is 0. The number of nitrogens with zero attached hydrogens (tertiary/aromatic N) is 1. The number of hydrogen-bond acceptors (Lipinski definition) is 15. The average Bonchev–Trinajstić information content (AvgIpc) is 3.41. The maximum Gasteiger partial charge on any atom is 0.510 e. The number of H-pyrrole nitrogens is 1. The zero-order valence-electron chi connectivity index (χ0n) is 22.3. The van der Waals surface area contributed by atoms with Crippen LogP contribution in [0.2, 0.25) is 0 Å². The number of alkyl halides is 1. The number of ether oxygens (including phenoxy) is 7. The number of phosphoric acid groups is 1. The summed E-state index contributed by atoms with van der Waals surface area (Å²) in [5.74, 6) is -0.856. The molecule has 1 aromatic rings. The van der Waals surface area contributed by atoms with Crippen LogP contribution in [0.1, 0.15) is 33.9 Å². The third-order valence-electron chi connectivity index (χ3n) is 5.18. The van der Waals surface area contributed by atoms with E-state index in [9.17, 15) is 23.7 Å². The minimum absolute atomic E-state index is 0.527. The molecule has 0 bridgehead atoms. The summed E-state index contributed by atoms with van der Waals surface area (Å²) < 4.78 is 80.0. The first kappa shape index (κ1) is 32.2. The van der Waals surface area contributed by atoms with Gasteiger partial charge >= 0.3 is 25.8 Å². The summed E-state index contributed by atoms with van der Waals surface area (Å²) in [6, 6.07) is 0.957. The molecule has 0 spiro atoms. The van der Waals surface area contributed by atoms with Gasteiger partial charge in [-0.3, -0.25) is 18.9 Å². The Kier molecular flexibility index (Phi) is 10.3. The van der Waals surface area contributed by atoms with Crippen molar-refractivity contribution in [3.05, 3.63) is 33.1 Å². The number of nitrogens with one attached hydrogen (secondary N) is 1. The van der Waals surface area contributed by atoms with Crippen molar-refractivity contribution in [1.29, 1.82) is 0 Å². The molecule has 1 aromatic heterocycles. The number of rotatable bonds is 12. The molecule has 1 N–H and O–H groups in total. The number of terminal acetylenes is 1. The fourth-order valence-corrected chi connectivity index (χ4v) is 4.48. The Morgan fingerprint density at radius 3 is 2.24 bits per heavy atom. The van der Waals surface area contributed by atoms with Crippen LogP contribution in [0, 0.1) is 12.3 Å². The zero-order chi connectivity index (χ0) is 30.4. The van der Waals surface area contributed by atoms with Crippen LogP contribution in [0.25, 0.3) is 0 Å². The molecule has 0 aromatic carbocycles. The smallest absolute Gasteiger partial charge is 0.432 e. The second-order valence-electron chi connectivity index (χ2n) is 8.86. The predicted molar refractivity (Wildman–Crippen MR) is 129 cm³/mol. The van der Waals surface area contributed by atoms with Gasteiger partial charge in [0.2, 0.25) is 19.2 Å². The third kappa shape index (κ3) is 7.71. The molecule has 0 unspecified atom stereocenters. The maximum atomic E-state index is 16.3. The van der Waals surface area contributed by atoms with Crippen LogP contribution in [0.4, 0.5) is 14.0 Å². The van der Waals surface area contributed by atoms with Gasteiger partial charge in [-0.05, 0) is 27.7 Å². The van der Waals surface area contributed by atoms with Crippen molar-refractivity contribution in [2.24, 2.45) is 0 Å². The number of phosphoric ester groups is 1. The second-order valence-corrected chi connectivity index (χ2v) is 10.5. The number of hydrogen-bond donors (Lipinski definition) is 1. The van der Waals surface area contributed by atoms with Crippen LogP contribution in [-0.2, 0) is 51.3 Å². The first-order valence-corrected chi connectivity index (χ1v) is 13.3. The lowest BCUT2D eigenvalue weighted by molar-refractivity contribution is -0.228. The van der Waals surface area contributed by atoms with E-state index >= 15 is 4.39 Å². The van der Waals surface area contributed by atoms with Gasteiger partial charge in [-0.15, -0.1) is 6.42 Å². The minimum Gasteiger partial charge on any atom is -0.432 e. The highest BCUT2D eigenvalue weighted by molar-refractivity contribution is 7.48. The molecule has 41 heavy (non-hydrogen) atoms.